The van der Waals surface area contributed by atoms with Crippen LogP contribution in [0.3, 0.4) is 0 Å². The first-order valence-electron chi connectivity index (χ1n) is 7.50. The number of benzene rings is 2. The Morgan fingerprint density at radius 1 is 1.08 bits per heavy atom. The monoisotopic (exact) mass is 362 g/mol. The van der Waals surface area contributed by atoms with Crippen molar-refractivity contribution < 1.29 is 19.1 Å². The van der Waals surface area contributed by atoms with Crippen LogP contribution in [0, 0.1) is 0 Å². The van der Waals surface area contributed by atoms with Crippen LogP contribution in [-0.4, -0.2) is 32.6 Å². The van der Waals surface area contributed by atoms with Gasteiger partial charge in [-0.05, 0) is 36.4 Å². The molecule has 0 aromatic heterocycles. The van der Waals surface area contributed by atoms with Gasteiger partial charge >= 0.3 is 0 Å². The zero-order valence-corrected chi connectivity index (χ0v) is 15.0. The summed E-state index contributed by atoms with van der Waals surface area (Å²) in [5.41, 5.74) is 1.05. The maximum Gasteiger partial charge on any atom is 0.244 e. The molecule has 0 atom stereocenters. The van der Waals surface area contributed by atoms with Gasteiger partial charge in [-0.25, -0.2) is 0 Å². The van der Waals surface area contributed by atoms with E-state index in [2.05, 4.69) is 5.32 Å². The predicted octanol–water partition coefficient (Wildman–Crippen LogP) is 3.35. The summed E-state index contributed by atoms with van der Waals surface area (Å²) in [6, 6.07) is 11.8. The third-order valence-electron chi connectivity index (χ3n) is 3.50. The van der Waals surface area contributed by atoms with Crippen LogP contribution in [0.25, 0.3) is 0 Å². The van der Waals surface area contributed by atoms with Crippen LogP contribution in [0.4, 0.5) is 11.4 Å². The average Bonchev–Trinajstić information content (AvgIpc) is 2.60. The van der Waals surface area contributed by atoms with Gasteiger partial charge in [0.25, 0.3) is 0 Å². The Bertz CT molecular complexity index is 762. The number of hydrogen-bond donors (Lipinski definition) is 1. The van der Waals surface area contributed by atoms with Gasteiger partial charge in [-0.1, -0.05) is 11.6 Å². The van der Waals surface area contributed by atoms with E-state index in [4.69, 9.17) is 21.1 Å². The molecule has 2 rings (SSSR count). The quantitative estimate of drug-likeness (QED) is 0.855. The van der Waals surface area contributed by atoms with Crippen LogP contribution in [0.15, 0.2) is 42.5 Å². The molecule has 25 heavy (non-hydrogen) atoms. The van der Waals surface area contributed by atoms with Gasteiger partial charge in [0.2, 0.25) is 11.8 Å². The van der Waals surface area contributed by atoms with Gasteiger partial charge in [0.15, 0.2) is 0 Å². The van der Waals surface area contributed by atoms with E-state index in [0.29, 0.717) is 27.9 Å². The first kappa shape index (κ1) is 18.6. The molecule has 0 heterocycles. The fraction of sp³-hybridized carbons (Fsp3) is 0.222. The van der Waals surface area contributed by atoms with Crippen molar-refractivity contribution >= 4 is 34.8 Å². The molecule has 0 fully saturated rings. The lowest BCUT2D eigenvalue weighted by molar-refractivity contribution is -0.120. The van der Waals surface area contributed by atoms with Crippen molar-refractivity contribution in [2.24, 2.45) is 0 Å². The molecule has 1 N–H and O–H groups in total. The van der Waals surface area contributed by atoms with Crippen molar-refractivity contribution in [2.75, 3.05) is 31.0 Å². The second-order valence-electron chi connectivity index (χ2n) is 5.20. The van der Waals surface area contributed by atoms with Crippen LogP contribution in [-0.2, 0) is 9.59 Å². The van der Waals surface area contributed by atoms with Crippen molar-refractivity contribution in [2.45, 2.75) is 6.92 Å². The van der Waals surface area contributed by atoms with Crippen LogP contribution >= 0.6 is 11.6 Å². The van der Waals surface area contributed by atoms with E-state index in [1.807, 2.05) is 0 Å². The molecule has 0 aliphatic heterocycles. The summed E-state index contributed by atoms with van der Waals surface area (Å²) < 4.78 is 10.4. The largest absolute Gasteiger partial charge is 0.497 e. The second-order valence-corrected chi connectivity index (χ2v) is 5.63. The SMILES string of the molecule is COc1ccc(OC)c(NC(=O)CN(C(C)=O)c2ccc(Cl)cc2)c1. The molecule has 0 aliphatic carbocycles. The van der Waals surface area contributed by atoms with Crippen molar-refractivity contribution in [1.29, 1.82) is 0 Å². The number of carbonyl (C=O) groups excluding carboxylic acids is 2. The molecule has 0 saturated carbocycles. The maximum absolute atomic E-state index is 12.4. The smallest absolute Gasteiger partial charge is 0.244 e. The number of anilines is 2. The molecule has 0 aliphatic rings. The molecule has 0 radical (unpaired) electrons. The van der Waals surface area contributed by atoms with Crippen LogP contribution < -0.4 is 19.7 Å². The van der Waals surface area contributed by atoms with Crippen LogP contribution in [0.2, 0.25) is 5.02 Å². The summed E-state index contributed by atoms with van der Waals surface area (Å²) in [6.45, 7) is 1.26. The Morgan fingerprint density at radius 2 is 1.76 bits per heavy atom. The molecular formula is C18H19ClN2O4. The van der Waals surface area contributed by atoms with Crippen LogP contribution in [0.1, 0.15) is 6.92 Å². The lowest BCUT2D eigenvalue weighted by Crippen LogP contribution is -2.36. The van der Waals surface area contributed by atoms with Gasteiger partial charge < -0.3 is 19.7 Å². The lowest BCUT2D eigenvalue weighted by Gasteiger charge is -2.21. The fourth-order valence-electron chi connectivity index (χ4n) is 2.25. The first-order chi connectivity index (χ1) is 11.9. The van der Waals surface area contributed by atoms with Gasteiger partial charge in [-0.3, -0.25) is 9.59 Å². The molecule has 7 heteroatoms. The zero-order chi connectivity index (χ0) is 18.4. The van der Waals surface area contributed by atoms with Gasteiger partial charge in [0.05, 0.1) is 19.9 Å². The minimum absolute atomic E-state index is 0.142. The minimum Gasteiger partial charge on any atom is -0.497 e. The Balaban J connectivity index is 2.17. The topological polar surface area (TPSA) is 67.9 Å². The highest BCUT2D eigenvalue weighted by atomic mass is 35.5. The third-order valence-corrected chi connectivity index (χ3v) is 3.75. The highest BCUT2D eigenvalue weighted by Crippen LogP contribution is 2.29. The molecular weight excluding hydrogens is 344 g/mol. The molecule has 0 saturated heterocycles. The Hall–Kier alpha value is -2.73. The molecule has 6 nitrogen and oxygen atoms in total. The first-order valence-corrected chi connectivity index (χ1v) is 7.88. The normalized spacial score (nSPS) is 10.1. The molecule has 2 amide bonds. The number of nitrogens with one attached hydrogen (secondary N) is 1. The van der Waals surface area contributed by atoms with Gasteiger partial charge in [-0.15, -0.1) is 0 Å². The van der Waals surface area contributed by atoms with E-state index in [-0.39, 0.29) is 18.4 Å². The summed E-state index contributed by atoms with van der Waals surface area (Å²) in [5.74, 6) is 0.457. The average molecular weight is 363 g/mol. The van der Waals surface area contributed by atoms with Crippen LogP contribution in [0.5, 0.6) is 11.5 Å². The van der Waals surface area contributed by atoms with Crippen molar-refractivity contribution in [3.8, 4) is 11.5 Å². The van der Waals surface area contributed by atoms with Gasteiger partial charge in [-0.2, -0.15) is 0 Å². The number of rotatable bonds is 6. The van der Waals surface area contributed by atoms with E-state index >= 15 is 0 Å². The van der Waals surface area contributed by atoms with E-state index < -0.39 is 0 Å². The number of methoxy groups -OCH3 is 2. The standard InChI is InChI=1S/C18H19ClN2O4/c1-12(22)21(14-6-4-13(19)5-7-14)11-18(23)20-16-10-15(24-2)8-9-17(16)25-3/h4-10H,11H2,1-3H3,(H,20,23). The molecule has 132 valence electrons. The second kappa shape index (κ2) is 8.39. The molecule has 0 spiro atoms. The Morgan fingerprint density at radius 3 is 2.32 bits per heavy atom. The number of halogens is 1. The van der Waals surface area contributed by atoms with Gasteiger partial charge in [0, 0.05) is 23.7 Å². The Labute approximate surface area is 151 Å². The maximum atomic E-state index is 12.4. The van der Waals surface area contributed by atoms with Gasteiger partial charge in [0.1, 0.15) is 18.0 Å². The summed E-state index contributed by atoms with van der Waals surface area (Å²) in [6.07, 6.45) is 0. The van der Waals surface area contributed by atoms with E-state index in [9.17, 15) is 9.59 Å². The van der Waals surface area contributed by atoms with E-state index in [1.54, 1.807) is 42.5 Å². The van der Waals surface area contributed by atoms with E-state index in [1.165, 1.54) is 26.0 Å². The fourth-order valence-corrected chi connectivity index (χ4v) is 2.38. The van der Waals surface area contributed by atoms with Crippen molar-refractivity contribution in [1.82, 2.24) is 0 Å². The van der Waals surface area contributed by atoms with Crippen molar-refractivity contribution in [3.63, 3.8) is 0 Å². The lowest BCUT2D eigenvalue weighted by atomic mass is 10.2. The number of nitrogens with zero attached hydrogens (tertiary/aromatic N) is 1. The number of ether oxygens (including phenoxy) is 2. The van der Waals surface area contributed by atoms with E-state index in [0.717, 1.165) is 0 Å². The summed E-state index contributed by atoms with van der Waals surface area (Å²) in [7, 11) is 3.04. The van der Waals surface area contributed by atoms with Crippen molar-refractivity contribution in [3.05, 3.63) is 47.5 Å². The minimum atomic E-state index is -0.364. The Kier molecular flexibility index (Phi) is 6.25. The molecule has 0 unspecified atom stereocenters. The number of amides is 2. The third kappa shape index (κ3) is 4.87. The summed E-state index contributed by atoms with van der Waals surface area (Å²) >= 11 is 5.86. The number of hydrogen-bond acceptors (Lipinski definition) is 4. The predicted molar refractivity (Wildman–Crippen MR) is 97.7 cm³/mol. The zero-order valence-electron chi connectivity index (χ0n) is 14.2. The number of carbonyl (C=O) groups is 2. The highest BCUT2D eigenvalue weighted by Gasteiger charge is 2.17. The molecule has 0 bridgehead atoms. The summed E-state index contributed by atoms with van der Waals surface area (Å²) in [5, 5.41) is 3.29. The molecule has 2 aromatic rings. The summed E-state index contributed by atoms with van der Waals surface area (Å²) in [4.78, 5) is 25.7. The highest BCUT2D eigenvalue weighted by molar-refractivity contribution is 6.30. The molecule has 2 aromatic carbocycles.